The van der Waals surface area contributed by atoms with Crippen molar-refractivity contribution < 1.29 is 9.53 Å². The number of rotatable bonds is 4. The van der Waals surface area contributed by atoms with Gasteiger partial charge in [0.25, 0.3) is 0 Å². The number of carbonyl (C=O) groups is 1. The molecule has 1 aliphatic heterocycles. The second kappa shape index (κ2) is 5.44. The van der Waals surface area contributed by atoms with Crippen LogP contribution in [0, 0.1) is 0 Å². The van der Waals surface area contributed by atoms with Gasteiger partial charge in [0.2, 0.25) is 0 Å². The quantitative estimate of drug-likeness (QED) is 0.465. The van der Waals surface area contributed by atoms with Crippen LogP contribution in [-0.4, -0.2) is 35.5 Å². The molecule has 7 heteroatoms. The molecule has 1 aromatic rings. The third-order valence-corrected chi connectivity index (χ3v) is 3.79. The Morgan fingerprint density at radius 1 is 1.82 bits per heavy atom. The lowest BCUT2D eigenvalue weighted by Gasteiger charge is -2.21. The zero-order valence-corrected chi connectivity index (χ0v) is 10.5. The molecule has 94 valence electrons. The number of hydrazine groups is 1. The Balaban J connectivity index is 2.00. The van der Waals surface area contributed by atoms with Crippen LogP contribution in [0.2, 0.25) is 0 Å². The van der Waals surface area contributed by atoms with E-state index in [4.69, 9.17) is 10.6 Å². The van der Waals surface area contributed by atoms with Crippen LogP contribution < -0.4 is 11.3 Å². The van der Waals surface area contributed by atoms with Gasteiger partial charge in [-0.3, -0.25) is 15.1 Å². The Morgan fingerprint density at radius 2 is 2.65 bits per heavy atom. The van der Waals surface area contributed by atoms with E-state index in [9.17, 15) is 4.79 Å². The van der Waals surface area contributed by atoms with Crippen LogP contribution in [0.15, 0.2) is 6.20 Å². The van der Waals surface area contributed by atoms with E-state index >= 15 is 0 Å². The summed E-state index contributed by atoms with van der Waals surface area (Å²) >= 11 is 1.50. The van der Waals surface area contributed by atoms with Crippen molar-refractivity contribution in [2.75, 3.05) is 19.1 Å². The van der Waals surface area contributed by atoms with Crippen molar-refractivity contribution in [3.8, 4) is 0 Å². The summed E-state index contributed by atoms with van der Waals surface area (Å²) in [5, 5.41) is 0.689. The van der Waals surface area contributed by atoms with Gasteiger partial charge in [0.15, 0.2) is 5.13 Å². The van der Waals surface area contributed by atoms with E-state index in [0.29, 0.717) is 5.13 Å². The molecular weight excluding hydrogens is 240 g/mol. The van der Waals surface area contributed by atoms with Gasteiger partial charge in [-0.15, -0.1) is 0 Å². The van der Waals surface area contributed by atoms with Crippen LogP contribution in [0.5, 0.6) is 0 Å². The van der Waals surface area contributed by atoms with Crippen molar-refractivity contribution >= 4 is 22.4 Å². The van der Waals surface area contributed by atoms with Crippen LogP contribution in [0.3, 0.4) is 0 Å². The van der Waals surface area contributed by atoms with Gasteiger partial charge in [-0.1, -0.05) is 11.3 Å². The van der Waals surface area contributed by atoms with Gasteiger partial charge < -0.3 is 4.74 Å². The smallest absolute Gasteiger partial charge is 0.323 e. The first kappa shape index (κ1) is 12.3. The van der Waals surface area contributed by atoms with Crippen LogP contribution in [0.25, 0.3) is 0 Å². The topological polar surface area (TPSA) is 80.5 Å². The number of nitrogen functional groups attached to an aromatic ring is 1. The van der Waals surface area contributed by atoms with Crippen molar-refractivity contribution in [2.45, 2.75) is 25.4 Å². The lowest BCUT2D eigenvalue weighted by Crippen LogP contribution is -2.36. The van der Waals surface area contributed by atoms with Gasteiger partial charge in [-0.2, -0.15) is 0 Å². The SMILES string of the molecule is COC(=O)C1CCCN1Cc1cnc(NN)s1. The van der Waals surface area contributed by atoms with Crippen molar-refractivity contribution in [3.63, 3.8) is 0 Å². The van der Waals surface area contributed by atoms with Gasteiger partial charge in [-0.25, -0.2) is 10.8 Å². The molecule has 1 aliphatic rings. The second-order valence-electron chi connectivity index (χ2n) is 3.93. The summed E-state index contributed by atoms with van der Waals surface area (Å²) in [4.78, 5) is 18.9. The van der Waals surface area contributed by atoms with Gasteiger partial charge in [0.05, 0.1) is 7.11 Å². The minimum Gasteiger partial charge on any atom is -0.468 e. The Labute approximate surface area is 104 Å². The number of anilines is 1. The Hall–Kier alpha value is -1.18. The lowest BCUT2D eigenvalue weighted by molar-refractivity contribution is -0.146. The molecule has 6 nitrogen and oxygen atoms in total. The van der Waals surface area contributed by atoms with Crippen molar-refractivity contribution in [1.82, 2.24) is 9.88 Å². The van der Waals surface area contributed by atoms with Gasteiger partial charge in [0.1, 0.15) is 6.04 Å². The summed E-state index contributed by atoms with van der Waals surface area (Å²) < 4.78 is 4.80. The van der Waals surface area contributed by atoms with E-state index in [2.05, 4.69) is 15.3 Å². The summed E-state index contributed by atoms with van der Waals surface area (Å²) in [6.45, 7) is 1.64. The maximum absolute atomic E-state index is 11.6. The normalized spacial score (nSPS) is 20.5. The average molecular weight is 256 g/mol. The minimum absolute atomic E-state index is 0.114. The highest BCUT2D eigenvalue weighted by molar-refractivity contribution is 7.15. The second-order valence-corrected chi connectivity index (χ2v) is 5.04. The molecule has 1 unspecified atom stereocenters. The van der Waals surface area contributed by atoms with Crippen LogP contribution in [0.4, 0.5) is 5.13 Å². The van der Waals surface area contributed by atoms with Crippen LogP contribution in [0.1, 0.15) is 17.7 Å². The summed E-state index contributed by atoms with van der Waals surface area (Å²) in [6.07, 6.45) is 3.68. The molecule has 0 spiro atoms. The maximum atomic E-state index is 11.6. The average Bonchev–Trinajstić information content (AvgIpc) is 2.97. The number of nitrogens with one attached hydrogen (secondary N) is 1. The van der Waals surface area contributed by atoms with Crippen LogP contribution in [-0.2, 0) is 16.1 Å². The molecule has 0 aliphatic carbocycles. The fourth-order valence-corrected chi connectivity index (χ4v) is 2.81. The molecule has 1 aromatic heterocycles. The Kier molecular flexibility index (Phi) is 3.93. The molecule has 17 heavy (non-hydrogen) atoms. The Bertz CT molecular complexity index is 395. The first-order chi connectivity index (χ1) is 8.24. The molecule has 0 aromatic carbocycles. The number of nitrogens with two attached hydrogens (primary N) is 1. The number of carbonyl (C=O) groups excluding carboxylic acids is 1. The summed E-state index contributed by atoms with van der Waals surface area (Å²) in [5.74, 6) is 5.13. The zero-order valence-electron chi connectivity index (χ0n) is 9.68. The highest BCUT2D eigenvalue weighted by Crippen LogP contribution is 2.24. The van der Waals surface area contributed by atoms with Gasteiger partial charge in [0, 0.05) is 17.6 Å². The number of aromatic nitrogens is 1. The third-order valence-electron chi connectivity index (χ3n) is 2.87. The number of hydrogen-bond donors (Lipinski definition) is 2. The van der Waals surface area contributed by atoms with E-state index in [0.717, 1.165) is 30.8 Å². The summed E-state index contributed by atoms with van der Waals surface area (Å²) in [5.41, 5.74) is 2.51. The molecule has 2 heterocycles. The molecular formula is C10H16N4O2S. The van der Waals surface area contributed by atoms with E-state index in [1.807, 2.05) is 0 Å². The van der Waals surface area contributed by atoms with Crippen molar-refractivity contribution in [2.24, 2.45) is 5.84 Å². The van der Waals surface area contributed by atoms with Crippen molar-refractivity contribution in [3.05, 3.63) is 11.1 Å². The minimum atomic E-state index is -0.149. The number of thiazole rings is 1. The first-order valence-electron chi connectivity index (χ1n) is 5.48. The molecule has 1 atom stereocenters. The monoisotopic (exact) mass is 256 g/mol. The fraction of sp³-hybridized carbons (Fsp3) is 0.600. The number of nitrogens with zero attached hydrogens (tertiary/aromatic N) is 2. The van der Waals surface area contributed by atoms with Crippen molar-refractivity contribution in [1.29, 1.82) is 0 Å². The van der Waals surface area contributed by atoms with E-state index in [-0.39, 0.29) is 12.0 Å². The molecule has 2 rings (SSSR count). The number of esters is 1. The number of likely N-dealkylation sites (tertiary alicyclic amines) is 1. The zero-order chi connectivity index (χ0) is 12.3. The highest BCUT2D eigenvalue weighted by atomic mass is 32.1. The third kappa shape index (κ3) is 2.74. The summed E-state index contributed by atoms with van der Waals surface area (Å²) in [7, 11) is 1.43. The van der Waals surface area contributed by atoms with Crippen LogP contribution >= 0.6 is 11.3 Å². The largest absolute Gasteiger partial charge is 0.468 e. The molecule has 1 fully saturated rings. The molecule has 0 amide bonds. The lowest BCUT2D eigenvalue weighted by atomic mass is 10.2. The van der Waals surface area contributed by atoms with Gasteiger partial charge >= 0.3 is 5.97 Å². The predicted molar refractivity (Wildman–Crippen MR) is 65.4 cm³/mol. The predicted octanol–water partition coefficient (Wildman–Crippen LogP) is 0.566. The van der Waals surface area contributed by atoms with Gasteiger partial charge in [-0.05, 0) is 19.4 Å². The van der Waals surface area contributed by atoms with E-state index in [1.54, 1.807) is 6.20 Å². The highest BCUT2D eigenvalue weighted by Gasteiger charge is 2.31. The molecule has 0 bridgehead atoms. The molecule has 3 N–H and O–H groups in total. The molecule has 0 radical (unpaired) electrons. The summed E-state index contributed by atoms with van der Waals surface area (Å²) in [6, 6.07) is -0.114. The molecule has 0 saturated carbocycles. The fourth-order valence-electron chi connectivity index (χ4n) is 2.07. The number of ether oxygens (including phenoxy) is 1. The number of hydrogen-bond acceptors (Lipinski definition) is 7. The van der Waals surface area contributed by atoms with E-state index < -0.39 is 0 Å². The first-order valence-corrected chi connectivity index (χ1v) is 6.29. The van der Waals surface area contributed by atoms with E-state index in [1.165, 1.54) is 18.4 Å². The maximum Gasteiger partial charge on any atom is 0.323 e. The Morgan fingerprint density at radius 3 is 3.29 bits per heavy atom. The number of methoxy groups -OCH3 is 1. The molecule has 1 saturated heterocycles. The standard InChI is InChI=1S/C10H16N4O2S/c1-16-9(15)8-3-2-4-14(8)6-7-5-12-10(13-11)17-7/h5,8H,2-4,6,11H2,1H3,(H,12,13).